The van der Waals surface area contributed by atoms with Gasteiger partial charge in [0.25, 0.3) is 0 Å². The molecule has 0 aliphatic rings. The van der Waals surface area contributed by atoms with Crippen molar-refractivity contribution in [3.63, 3.8) is 0 Å². The quantitative estimate of drug-likeness (QED) is 0.0346. The van der Waals surface area contributed by atoms with E-state index in [0.717, 1.165) is 77.8 Å². The Bertz CT molecular complexity index is 685. The van der Waals surface area contributed by atoms with Crippen LogP contribution in [-0.2, 0) is 33.2 Å². The zero-order chi connectivity index (χ0) is 40.1. The Morgan fingerprint density at radius 3 is 0.945 bits per heavy atom. The molecule has 0 radical (unpaired) electrons. The highest BCUT2D eigenvalue weighted by Gasteiger charge is 2.12. The number of unbranched alkanes of at least 4 members (excludes halogenated alkanes) is 22. The van der Waals surface area contributed by atoms with Crippen molar-refractivity contribution in [1.82, 2.24) is 0 Å². The number of hydrogen-bond donors (Lipinski definition) is 0. The average Bonchev–Trinajstić information content (AvgIpc) is 3.20. The second-order valence-electron chi connectivity index (χ2n) is 15.5. The van der Waals surface area contributed by atoms with Crippen LogP contribution >= 0.6 is 0 Å². The number of ether oxygens (including phenoxy) is 7. The summed E-state index contributed by atoms with van der Waals surface area (Å²) in [6.07, 6.45) is 43.4. The lowest BCUT2D eigenvalue weighted by molar-refractivity contribution is -0.188. The topological polar surface area (TPSA) is 64.6 Å². The molecule has 328 valence electrons. The Kier molecular flexibility index (Phi) is 45.2. The molecule has 0 N–H and O–H groups in total. The van der Waals surface area contributed by atoms with E-state index in [9.17, 15) is 0 Å². The highest BCUT2D eigenvalue weighted by molar-refractivity contribution is 4.89. The second kappa shape index (κ2) is 45.9. The van der Waals surface area contributed by atoms with Gasteiger partial charge in [0, 0.05) is 40.6 Å². The van der Waals surface area contributed by atoms with Crippen molar-refractivity contribution in [3.05, 3.63) is 24.3 Å². The van der Waals surface area contributed by atoms with E-state index in [1.54, 1.807) is 14.2 Å². The van der Waals surface area contributed by atoms with Crippen LogP contribution in [0.5, 0.6) is 0 Å². The van der Waals surface area contributed by atoms with Gasteiger partial charge in [-0.2, -0.15) is 0 Å². The van der Waals surface area contributed by atoms with E-state index in [-0.39, 0.29) is 12.6 Å². The van der Waals surface area contributed by atoms with E-state index in [1.165, 1.54) is 141 Å². The van der Waals surface area contributed by atoms with Crippen LogP contribution in [0.15, 0.2) is 24.3 Å². The van der Waals surface area contributed by atoms with E-state index in [1.807, 2.05) is 12.2 Å². The Hall–Kier alpha value is -0.800. The Morgan fingerprint density at radius 2 is 0.636 bits per heavy atom. The van der Waals surface area contributed by atoms with Gasteiger partial charge >= 0.3 is 0 Å². The SMILES string of the molecule is CCCCCCOC(CCCCCCCC=CC(OC)OC(C=CCCCCCCCC(OCCCCCC)OCCCCCC)OC)OCCCCCC. The molecule has 0 aromatic rings. The van der Waals surface area contributed by atoms with Gasteiger partial charge in [-0.15, -0.1) is 0 Å². The molecule has 55 heavy (non-hydrogen) atoms. The summed E-state index contributed by atoms with van der Waals surface area (Å²) < 4.78 is 41.7. The van der Waals surface area contributed by atoms with Gasteiger partial charge in [-0.25, -0.2) is 0 Å². The molecule has 0 bridgehead atoms. The fourth-order valence-corrected chi connectivity index (χ4v) is 6.52. The van der Waals surface area contributed by atoms with Gasteiger partial charge in [0.15, 0.2) is 25.2 Å². The molecule has 2 atom stereocenters. The Morgan fingerprint density at radius 1 is 0.345 bits per heavy atom. The average molecular weight is 783 g/mol. The third kappa shape index (κ3) is 39.8. The van der Waals surface area contributed by atoms with E-state index >= 15 is 0 Å². The second-order valence-corrected chi connectivity index (χ2v) is 15.5. The van der Waals surface area contributed by atoms with Crippen LogP contribution in [0.1, 0.15) is 220 Å². The summed E-state index contributed by atoms with van der Waals surface area (Å²) in [6, 6.07) is 0. The van der Waals surface area contributed by atoms with Crippen molar-refractivity contribution < 1.29 is 33.2 Å². The summed E-state index contributed by atoms with van der Waals surface area (Å²) >= 11 is 0. The standard InChI is InChI=1S/C48H94O7/c1-7-11-15-33-41-51-47(52-42-34-16-12-8-2)39-31-27-23-19-21-25-29-37-45(49-5)55-46(50-6)38-30-26-22-20-24-28-32-40-48(53-43-35-17-13-9-3)54-44-36-18-14-10-4/h29-30,37-38,45-48H,7-28,31-36,39-44H2,1-6H3. The van der Waals surface area contributed by atoms with Crippen molar-refractivity contribution in [1.29, 1.82) is 0 Å². The van der Waals surface area contributed by atoms with Crippen molar-refractivity contribution in [2.75, 3.05) is 40.6 Å². The zero-order valence-corrected chi connectivity index (χ0v) is 37.5. The lowest BCUT2D eigenvalue weighted by atomic mass is 10.1. The van der Waals surface area contributed by atoms with Gasteiger partial charge in [-0.3, -0.25) is 0 Å². The molecule has 0 aliphatic heterocycles. The Labute approximate surface area is 342 Å². The van der Waals surface area contributed by atoms with E-state index < -0.39 is 12.6 Å². The first-order valence-corrected chi connectivity index (χ1v) is 23.7. The van der Waals surface area contributed by atoms with Crippen LogP contribution in [0.25, 0.3) is 0 Å². The maximum atomic E-state index is 6.13. The summed E-state index contributed by atoms with van der Waals surface area (Å²) in [6.45, 7) is 12.3. The maximum absolute atomic E-state index is 6.13. The third-order valence-electron chi connectivity index (χ3n) is 10.1. The zero-order valence-electron chi connectivity index (χ0n) is 37.5. The molecule has 0 saturated carbocycles. The molecular weight excluding hydrogens is 689 g/mol. The predicted octanol–water partition coefficient (Wildman–Crippen LogP) is 14.6. The van der Waals surface area contributed by atoms with Crippen molar-refractivity contribution in [2.24, 2.45) is 0 Å². The molecule has 0 saturated heterocycles. The third-order valence-corrected chi connectivity index (χ3v) is 10.1. The van der Waals surface area contributed by atoms with Crippen molar-refractivity contribution in [3.8, 4) is 0 Å². The number of methoxy groups -OCH3 is 2. The molecule has 0 fully saturated rings. The smallest absolute Gasteiger partial charge is 0.179 e. The first kappa shape index (κ1) is 54.2. The van der Waals surface area contributed by atoms with Gasteiger partial charge in [0.2, 0.25) is 0 Å². The normalized spacial score (nSPS) is 13.4. The minimum Gasteiger partial charge on any atom is -0.353 e. The van der Waals surface area contributed by atoms with Crippen LogP contribution in [0.2, 0.25) is 0 Å². The molecule has 2 unspecified atom stereocenters. The van der Waals surface area contributed by atoms with Crippen LogP contribution in [-0.4, -0.2) is 65.8 Å². The number of hydrogen-bond acceptors (Lipinski definition) is 7. The minimum atomic E-state index is -0.417. The lowest BCUT2D eigenvalue weighted by Crippen LogP contribution is -2.22. The van der Waals surface area contributed by atoms with E-state index in [4.69, 9.17) is 33.2 Å². The van der Waals surface area contributed by atoms with Gasteiger partial charge in [-0.05, 0) is 89.2 Å². The fourth-order valence-electron chi connectivity index (χ4n) is 6.52. The summed E-state index contributed by atoms with van der Waals surface area (Å²) in [5.41, 5.74) is 0. The summed E-state index contributed by atoms with van der Waals surface area (Å²) in [5.74, 6) is 0. The van der Waals surface area contributed by atoms with Gasteiger partial charge in [0.1, 0.15) is 0 Å². The molecule has 0 spiro atoms. The molecule has 0 amide bonds. The molecule has 0 heterocycles. The molecule has 0 aliphatic carbocycles. The number of allylic oxidation sites excluding steroid dienone is 2. The first-order chi connectivity index (χ1) is 27.1. The summed E-state index contributed by atoms with van der Waals surface area (Å²) in [5, 5.41) is 0. The molecular formula is C48H94O7. The molecule has 0 rings (SSSR count). The highest BCUT2D eigenvalue weighted by atomic mass is 16.8. The molecule has 7 nitrogen and oxygen atoms in total. The van der Waals surface area contributed by atoms with Crippen LogP contribution in [0, 0.1) is 0 Å². The summed E-state index contributed by atoms with van der Waals surface area (Å²) in [7, 11) is 3.37. The van der Waals surface area contributed by atoms with Gasteiger partial charge in [-0.1, -0.05) is 155 Å². The number of rotatable bonds is 46. The molecule has 0 aromatic carbocycles. The van der Waals surface area contributed by atoms with Crippen molar-refractivity contribution >= 4 is 0 Å². The lowest BCUT2D eigenvalue weighted by Gasteiger charge is -2.19. The largest absolute Gasteiger partial charge is 0.353 e. The van der Waals surface area contributed by atoms with E-state index in [2.05, 4.69) is 39.8 Å². The van der Waals surface area contributed by atoms with Crippen LogP contribution < -0.4 is 0 Å². The van der Waals surface area contributed by atoms with E-state index in [0.29, 0.717) is 0 Å². The maximum Gasteiger partial charge on any atom is 0.179 e. The van der Waals surface area contributed by atoms with Gasteiger partial charge < -0.3 is 33.2 Å². The van der Waals surface area contributed by atoms with Crippen molar-refractivity contribution in [2.45, 2.75) is 245 Å². The molecule has 7 heteroatoms. The first-order valence-electron chi connectivity index (χ1n) is 23.7. The highest BCUT2D eigenvalue weighted by Crippen LogP contribution is 2.16. The Balaban J connectivity index is 4.17. The van der Waals surface area contributed by atoms with Gasteiger partial charge in [0.05, 0.1) is 0 Å². The van der Waals surface area contributed by atoms with Crippen LogP contribution in [0.4, 0.5) is 0 Å². The monoisotopic (exact) mass is 783 g/mol. The molecule has 0 aromatic heterocycles. The summed E-state index contributed by atoms with van der Waals surface area (Å²) in [4.78, 5) is 0. The fraction of sp³-hybridized carbons (Fsp3) is 0.917. The predicted molar refractivity (Wildman–Crippen MR) is 234 cm³/mol. The minimum absolute atomic E-state index is 0.0300. The van der Waals surface area contributed by atoms with Crippen LogP contribution in [0.3, 0.4) is 0 Å².